The van der Waals surface area contributed by atoms with Gasteiger partial charge in [-0.2, -0.15) is 0 Å². The van der Waals surface area contributed by atoms with Crippen LogP contribution in [0.4, 0.5) is 11.4 Å². The van der Waals surface area contributed by atoms with Gasteiger partial charge < -0.3 is 20.3 Å². The number of nitrogens with zero attached hydrogens (tertiary/aromatic N) is 1. The summed E-state index contributed by atoms with van der Waals surface area (Å²) in [4.78, 5) is 50.4. The second-order valence-corrected chi connectivity index (χ2v) is 7.41. The van der Waals surface area contributed by atoms with Gasteiger partial charge in [-0.1, -0.05) is 42.5 Å². The maximum Gasteiger partial charge on any atom is 0.308 e. The maximum absolute atomic E-state index is 12.9. The van der Waals surface area contributed by atoms with E-state index in [1.165, 1.54) is 11.8 Å². The van der Waals surface area contributed by atoms with Crippen molar-refractivity contribution in [1.29, 1.82) is 0 Å². The molecular formula is C23H25N3O5. The van der Waals surface area contributed by atoms with Crippen LogP contribution in [0.15, 0.2) is 54.6 Å². The summed E-state index contributed by atoms with van der Waals surface area (Å²) in [6.45, 7) is 2.68. The van der Waals surface area contributed by atoms with Gasteiger partial charge >= 0.3 is 5.97 Å². The van der Waals surface area contributed by atoms with E-state index in [-0.39, 0.29) is 24.7 Å². The second-order valence-electron chi connectivity index (χ2n) is 7.41. The van der Waals surface area contributed by atoms with Gasteiger partial charge in [0.15, 0.2) is 6.61 Å². The van der Waals surface area contributed by atoms with Crippen molar-refractivity contribution in [1.82, 2.24) is 5.32 Å². The third-order valence-electron chi connectivity index (χ3n) is 4.93. The normalized spacial score (nSPS) is 16.4. The molecule has 1 aliphatic rings. The van der Waals surface area contributed by atoms with Crippen molar-refractivity contribution in [3.05, 3.63) is 60.2 Å². The van der Waals surface area contributed by atoms with Crippen LogP contribution in [-0.2, 0) is 23.9 Å². The fourth-order valence-electron chi connectivity index (χ4n) is 3.59. The number of benzene rings is 2. The molecule has 2 atom stereocenters. The molecule has 2 aromatic carbocycles. The number of rotatable bonds is 6. The first-order chi connectivity index (χ1) is 14.8. The molecule has 1 aliphatic heterocycles. The second kappa shape index (κ2) is 9.88. The summed E-state index contributed by atoms with van der Waals surface area (Å²) in [7, 11) is 0. The highest BCUT2D eigenvalue weighted by Gasteiger charge is 2.30. The SMILES string of the molecule is CC(=O)N[C@@H](CC(=O)OCC(=O)N1c2ccccc2NC(=O)C[C@@H]1C)c1ccccc1. The number of amides is 3. The average molecular weight is 423 g/mol. The summed E-state index contributed by atoms with van der Waals surface area (Å²) >= 11 is 0. The summed E-state index contributed by atoms with van der Waals surface area (Å²) < 4.78 is 5.23. The Morgan fingerprint density at radius 1 is 1.13 bits per heavy atom. The fourth-order valence-corrected chi connectivity index (χ4v) is 3.59. The molecule has 0 saturated heterocycles. The highest BCUT2D eigenvalue weighted by Crippen LogP contribution is 2.31. The van der Waals surface area contributed by atoms with Crippen LogP contribution < -0.4 is 15.5 Å². The smallest absolute Gasteiger partial charge is 0.308 e. The molecule has 0 unspecified atom stereocenters. The van der Waals surface area contributed by atoms with Crippen molar-refractivity contribution in [2.75, 3.05) is 16.8 Å². The number of anilines is 2. The Kier molecular flexibility index (Phi) is 7.02. The molecule has 3 rings (SSSR count). The topological polar surface area (TPSA) is 105 Å². The van der Waals surface area contributed by atoms with Crippen LogP contribution in [0.3, 0.4) is 0 Å². The fraction of sp³-hybridized carbons (Fsp3) is 0.304. The van der Waals surface area contributed by atoms with Crippen molar-refractivity contribution in [2.24, 2.45) is 0 Å². The molecule has 8 nitrogen and oxygen atoms in total. The standard InChI is InChI=1S/C23H25N3O5/c1-15-12-21(28)25-18-10-6-7-11-20(18)26(15)22(29)14-31-23(30)13-19(24-16(2)27)17-8-4-3-5-9-17/h3-11,15,19H,12-14H2,1-2H3,(H,24,27)(H,25,28)/t15-,19-/m0/s1. The molecule has 0 saturated carbocycles. The lowest BCUT2D eigenvalue weighted by Crippen LogP contribution is -2.41. The molecule has 3 amide bonds. The number of carbonyl (C=O) groups excluding carboxylic acids is 4. The summed E-state index contributed by atoms with van der Waals surface area (Å²) in [5.41, 5.74) is 1.86. The minimum absolute atomic E-state index is 0.108. The van der Waals surface area contributed by atoms with Crippen LogP contribution in [0.25, 0.3) is 0 Å². The van der Waals surface area contributed by atoms with Crippen LogP contribution >= 0.6 is 0 Å². The lowest BCUT2D eigenvalue weighted by Gasteiger charge is -2.27. The largest absolute Gasteiger partial charge is 0.455 e. The van der Waals surface area contributed by atoms with Crippen LogP contribution in [0.2, 0.25) is 0 Å². The number of nitrogens with one attached hydrogen (secondary N) is 2. The molecule has 2 aromatic rings. The Bertz CT molecular complexity index is 976. The molecule has 162 valence electrons. The number of para-hydroxylation sites is 2. The maximum atomic E-state index is 12.9. The zero-order valence-electron chi connectivity index (χ0n) is 17.5. The molecule has 0 aromatic heterocycles. The monoisotopic (exact) mass is 423 g/mol. The summed E-state index contributed by atoms with van der Waals surface area (Å²) in [6.07, 6.45) is 0.0238. The predicted molar refractivity (Wildman–Crippen MR) is 115 cm³/mol. The van der Waals surface area contributed by atoms with Gasteiger partial charge in [0.05, 0.1) is 23.8 Å². The van der Waals surface area contributed by atoms with Crippen LogP contribution in [-0.4, -0.2) is 36.3 Å². The zero-order valence-corrected chi connectivity index (χ0v) is 17.5. The Balaban J connectivity index is 1.67. The van der Waals surface area contributed by atoms with Crippen LogP contribution in [0.1, 0.15) is 38.3 Å². The number of ether oxygens (including phenoxy) is 1. The first kappa shape index (κ1) is 22.0. The third-order valence-corrected chi connectivity index (χ3v) is 4.93. The van der Waals surface area contributed by atoms with E-state index in [0.29, 0.717) is 11.4 Å². The third kappa shape index (κ3) is 5.69. The van der Waals surface area contributed by atoms with E-state index in [4.69, 9.17) is 4.74 Å². The van der Waals surface area contributed by atoms with E-state index in [1.807, 2.05) is 18.2 Å². The van der Waals surface area contributed by atoms with Crippen molar-refractivity contribution >= 4 is 35.1 Å². The number of fused-ring (bicyclic) bond motifs is 1. The average Bonchev–Trinajstić information content (AvgIpc) is 2.86. The van der Waals surface area contributed by atoms with E-state index in [2.05, 4.69) is 10.6 Å². The lowest BCUT2D eigenvalue weighted by atomic mass is 10.0. The van der Waals surface area contributed by atoms with Gasteiger partial charge in [-0.05, 0) is 24.6 Å². The Labute approximate surface area is 180 Å². The number of esters is 1. The van der Waals surface area contributed by atoms with E-state index in [0.717, 1.165) is 5.56 Å². The van der Waals surface area contributed by atoms with Crippen LogP contribution in [0.5, 0.6) is 0 Å². The Hall–Kier alpha value is -3.68. The quantitative estimate of drug-likeness (QED) is 0.695. The highest BCUT2D eigenvalue weighted by atomic mass is 16.5. The molecule has 31 heavy (non-hydrogen) atoms. The van der Waals surface area contributed by atoms with E-state index < -0.39 is 30.6 Å². The van der Waals surface area contributed by atoms with Gasteiger partial charge in [0.2, 0.25) is 11.8 Å². The molecule has 0 bridgehead atoms. The molecule has 1 heterocycles. The molecule has 8 heteroatoms. The number of carbonyl (C=O) groups is 4. The van der Waals surface area contributed by atoms with Crippen molar-refractivity contribution in [3.8, 4) is 0 Å². The molecule has 2 N–H and O–H groups in total. The minimum atomic E-state index is -0.610. The number of hydrogen-bond acceptors (Lipinski definition) is 5. The van der Waals surface area contributed by atoms with Crippen LogP contribution in [0, 0.1) is 0 Å². The van der Waals surface area contributed by atoms with Gasteiger partial charge in [-0.15, -0.1) is 0 Å². The van der Waals surface area contributed by atoms with E-state index in [9.17, 15) is 19.2 Å². The van der Waals surface area contributed by atoms with Gasteiger partial charge in [0, 0.05) is 19.4 Å². The van der Waals surface area contributed by atoms with Crippen molar-refractivity contribution in [3.63, 3.8) is 0 Å². The van der Waals surface area contributed by atoms with Gasteiger partial charge in [0.1, 0.15) is 0 Å². The lowest BCUT2D eigenvalue weighted by molar-refractivity contribution is -0.148. The van der Waals surface area contributed by atoms with Gasteiger partial charge in [-0.25, -0.2) is 0 Å². The summed E-state index contributed by atoms with van der Waals surface area (Å²) in [5.74, 6) is -1.50. The first-order valence-corrected chi connectivity index (χ1v) is 10.0. The van der Waals surface area contributed by atoms with E-state index in [1.54, 1.807) is 43.3 Å². The van der Waals surface area contributed by atoms with Gasteiger partial charge in [-0.3, -0.25) is 19.2 Å². The Morgan fingerprint density at radius 3 is 2.52 bits per heavy atom. The van der Waals surface area contributed by atoms with E-state index >= 15 is 0 Å². The highest BCUT2D eigenvalue weighted by molar-refractivity contribution is 6.05. The summed E-state index contributed by atoms with van der Waals surface area (Å²) in [5, 5.41) is 5.51. The predicted octanol–water partition coefficient (Wildman–Crippen LogP) is 2.56. The Morgan fingerprint density at radius 2 is 1.81 bits per heavy atom. The minimum Gasteiger partial charge on any atom is -0.455 e. The molecule has 0 aliphatic carbocycles. The van der Waals surface area contributed by atoms with Crippen molar-refractivity contribution in [2.45, 2.75) is 38.8 Å². The molecule has 0 fully saturated rings. The molecule has 0 spiro atoms. The summed E-state index contributed by atoms with van der Waals surface area (Å²) in [6, 6.07) is 15.1. The molecule has 0 radical (unpaired) electrons. The van der Waals surface area contributed by atoms with Gasteiger partial charge in [0.25, 0.3) is 5.91 Å². The molecular weight excluding hydrogens is 398 g/mol. The number of hydrogen-bond donors (Lipinski definition) is 2. The first-order valence-electron chi connectivity index (χ1n) is 10.0. The zero-order chi connectivity index (χ0) is 22.4. The van der Waals surface area contributed by atoms with Crippen molar-refractivity contribution < 1.29 is 23.9 Å².